The van der Waals surface area contributed by atoms with Crippen LogP contribution < -0.4 is 0 Å². The smallest absolute Gasteiger partial charge is 0.224 e. The second-order valence-corrected chi connectivity index (χ2v) is 6.71. The fourth-order valence-corrected chi connectivity index (χ4v) is 3.95. The number of aryl methyl sites for hydroxylation is 2. The summed E-state index contributed by atoms with van der Waals surface area (Å²) in [5, 5.41) is 4.24. The predicted octanol–water partition coefficient (Wildman–Crippen LogP) is 1.58. The Morgan fingerprint density at radius 1 is 1.30 bits per heavy atom. The van der Waals surface area contributed by atoms with Crippen molar-refractivity contribution in [1.29, 1.82) is 0 Å². The summed E-state index contributed by atoms with van der Waals surface area (Å²) >= 11 is 0. The molecule has 0 aliphatic carbocycles. The first-order valence-corrected chi connectivity index (χ1v) is 8.61. The minimum atomic E-state index is 0.186. The first-order chi connectivity index (χ1) is 11.1. The number of likely N-dealkylation sites (N-methyl/N-ethyl adjacent to an activating group) is 1. The van der Waals surface area contributed by atoms with E-state index < -0.39 is 0 Å². The zero-order valence-corrected chi connectivity index (χ0v) is 14.1. The molecule has 0 aromatic carbocycles. The lowest BCUT2D eigenvalue weighted by Gasteiger charge is -2.43. The van der Waals surface area contributed by atoms with Crippen molar-refractivity contribution in [1.82, 2.24) is 19.6 Å². The van der Waals surface area contributed by atoms with Gasteiger partial charge in [-0.1, -0.05) is 0 Å². The van der Waals surface area contributed by atoms with E-state index in [0.717, 1.165) is 37.9 Å². The lowest BCUT2D eigenvalue weighted by Crippen LogP contribution is -2.56. The van der Waals surface area contributed by atoms with E-state index in [1.807, 2.05) is 34.5 Å². The Morgan fingerprint density at radius 3 is 2.83 bits per heavy atom. The summed E-state index contributed by atoms with van der Waals surface area (Å²) in [6, 6.07) is 2.33. The molecule has 3 heterocycles. The Kier molecular flexibility index (Phi) is 4.68. The van der Waals surface area contributed by atoms with Gasteiger partial charge in [-0.15, -0.1) is 0 Å². The zero-order chi connectivity index (χ0) is 16.4. The summed E-state index contributed by atoms with van der Waals surface area (Å²) < 4.78 is 1.88. The molecule has 1 aromatic rings. The van der Waals surface area contributed by atoms with Gasteiger partial charge in [0.1, 0.15) is 0 Å². The number of carbonyl (C=O) groups excluding carboxylic acids is 2. The fraction of sp³-hybridized carbons (Fsp3) is 0.706. The first-order valence-electron chi connectivity index (χ1n) is 8.61. The quantitative estimate of drug-likeness (QED) is 0.850. The Hall–Kier alpha value is -1.85. The second-order valence-electron chi connectivity index (χ2n) is 6.71. The van der Waals surface area contributed by atoms with Crippen LogP contribution in [0.4, 0.5) is 0 Å². The molecule has 2 saturated heterocycles. The van der Waals surface area contributed by atoms with Gasteiger partial charge < -0.3 is 9.80 Å². The maximum atomic E-state index is 12.7. The van der Waals surface area contributed by atoms with E-state index in [1.54, 1.807) is 6.20 Å². The Labute approximate surface area is 137 Å². The van der Waals surface area contributed by atoms with Gasteiger partial charge in [-0.25, -0.2) is 0 Å². The van der Waals surface area contributed by atoms with Crippen LogP contribution in [0.2, 0.25) is 0 Å². The van der Waals surface area contributed by atoms with E-state index in [2.05, 4.69) is 5.10 Å². The molecule has 0 N–H and O–H groups in total. The number of fused-ring (bicyclic) bond motifs is 1. The van der Waals surface area contributed by atoms with E-state index in [-0.39, 0.29) is 23.9 Å². The number of carbonyl (C=O) groups is 2. The molecule has 0 bridgehead atoms. The van der Waals surface area contributed by atoms with Gasteiger partial charge in [0.2, 0.25) is 11.8 Å². The van der Waals surface area contributed by atoms with Gasteiger partial charge in [0.05, 0.1) is 12.1 Å². The number of likely N-dealkylation sites (tertiary alicyclic amines) is 2. The number of piperidine rings is 1. The van der Waals surface area contributed by atoms with Gasteiger partial charge in [-0.2, -0.15) is 5.10 Å². The van der Waals surface area contributed by atoms with Gasteiger partial charge in [-0.3, -0.25) is 14.3 Å². The predicted molar refractivity (Wildman–Crippen MR) is 86.7 cm³/mol. The molecule has 2 fully saturated rings. The average molecular weight is 318 g/mol. The van der Waals surface area contributed by atoms with Crippen molar-refractivity contribution >= 4 is 11.8 Å². The topological polar surface area (TPSA) is 58.4 Å². The number of rotatable bonds is 3. The van der Waals surface area contributed by atoms with Crippen LogP contribution in [-0.2, 0) is 16.1 Å². The highest BCUT2D eigenvalue weighted by Gasteiger charge is 2.39. The van der Waals surface area contributed by atoms with Crippen LogP contribution in [0.5, 0.6) is 0 Å². The molecule has 0 unspecified atom stereocenters. The summed E-state index contributed by atoms with van der Waals surface area (Å²) in [5.41, 5.74) is 1.08. The monoisotopic (exact) mass is 318 g/mol. The van der Waals surface area contributed by atoms with Crippen LogP contribution in [0.3, 0.4) is 0 Å². The lowest BCUT2D eigenvalue weighted by molar-refractivity contribution is -0.141. The highest BCUT2D eigenvalue weighted by atomic mass is 16.2. The van der Waals surface area contributed by atoms with Crippen LogP contribution in [0.25, 0.3) is 0 Å². The van der Waals surface area contributed by atoms with Crippen LogP contribution >= 0.6 is 0 Å². The van der Waals surface area contributed by atoms with Crippen LogP contribution in [-0.4, -0.2) is 57.1 Å². The van der Waals surface area contributed by atoms with Gasteiger partial charge in [0.15, 0.2) is 0 Å². The van der Waals surface area contributed by atoms with Crippen LogP contribution in [0, 0.1) is 6.92 Å². The van der Waals surface area contributed by atoms with Crippen molar-refractivity contribution in [2.75, 3.05) is 13.6 Å². The minimum absolute atomic E-state index is 0.186. The molecule has 2 aliphatic rings. The van der Waals surface area contributed by atoms with Crippen LogP contribution in [0.15, 0.2) is 12.3 Å². The Bertz CT molecular complexity index is 583. The summed E-state index contributed by atoms with van der Waals surface area (Å²) in [6.45, 7) is 3.45. The standard InChI is InChI=1S/C17H26N4O2/c1-13-8-10-18-21(13)12-9-17(23)20-11-4-6-14-15(20)5-3-7-16(22)19(14)2/h8,10,14-15H,3-7,9,11-12H2,1-2H3/t14-,15-/m1/s1. The summed E-state index contributed by atoms with van der Waals surface area (Å²) in [5.74, 6) is 0.413. The molecule has 2 aliphatic heterocycles. The average Bonchev–Trinajstić information content (AvgIpc) is 2.90. The van der Waals surface area contributed by atoms with Gasteiger partial charge >= 0.3 is 0 Å². The van der Waals surface area contributed by atoms with Crippen LogP contribution in [0.1, 0.15) is 44.2 Å². The Balaban J connectivity index is 1.67. The summed E-state index contributed by atoms with van der Waals surface area (Å²) in [4.78, 5) is 28.7. The number of hydrogen-bond acceptors (Lipinski definition) is 3. The van der Waals surface area contributed by atoms with E-state index in [4.69, 9.17) is 0 Å². The molecule has 3 rings (SSSR count). The minimum Gasteiger partial charge on any atom is -0.341 e. The van der Waals surface area contributed by atoms with Crippen molar-refractivity contribution in [3.63, 3.8) is 0 Å². The van der Waals surface area contributed by atoms with Crippen molar-refractivity contribution in [2.45, 2.75) is 64.1 Å². The number of hydrogen-bond donors (Lipinski definition) is 0. The van der Waals surface area contributed by atoms with E-state index in [0.29, 0.717) is 19.4 Å². The number of amides is 2. The van der Waals surface area contributed by atoms with E-state index >= 15 is 0 Å². The van der Waals surface area contributed by atoms with Crippen molar-refractivity contribution in [2.24, 2.45) is 0 Å². The maximum Gasteiger partial charge on any atom is 0.224 e. The molecular formula is C17H26N4O2. The van der Waals surface area contributed by atoms with Gasteiger partial charge in [0, 0.05) is 44.9 Å². The molecule has 0 spiro atoms. The van der Waals surface area contributed by atoms with Crippen molar-refractivity contribution in [3.05, 3.63) is 18.0 Å². The molecule has 6 nitrogen and oxygen atoms in total. The molecular weight excluding hydrogens is 292 g/mol. The van der Waals surface area contributed by atoms with E-state index in [1.165, 1.54) is 0 Å². The fourth-order valence-electron chi connectivity index (χ4n) is 3.95. The largest absolute Gasteiger partial charge is 0.341 e. The molecule has 0 saturated carbocycles. The molecule has 2 atom stereocenters. The lowest BCUT2D eigenvalue weighted by atomic mass is 9.92. The summed E-state index contributed by atoms with van der Waals surface area (Å²) in [6.07, 6.45) is 6.66. The summed E-state index contributed by atoms with van der Waals surface area (Å²) in [7, 11) is 1.90. The number of aromatic nitrogens is 2. The van der Waals surface area contributed by atoms with E-state index in [9.17, 15) is 9.59 Å². The maximum absolute atomic E-state index is 12.7. The third-order valence-corrected chi connectivity index (χ3v) is 5.31. The van der Waals surface area contributed by atoms with Gasteiger partial charge in [-0.05, 0) is 38.7 Å². The molecule has 0 radical (unpaired) electrons. The molecule has 2 amide bonds. The SMILES string of the molecule is Cc1ccnn1CCC(=O)N1CCC[C@@H]2[C@H]1CCCC(=O)N2C. The third-order valence-electron chi connectivity index (χ3n) is 5.31. The zero-order valence-electron chi connectivity index (χ0n) is 14.1. The van der Waals surface area contributed by atoms with Crippen molar-refractivity contribution in [3.8, 4) is 0 Å². The molecule has 6 heteroatoms. The Morgan fingerprint density at radius 2 is 2.09 bits per heavy atom. The number of nitrogens with zero attached hydrogens (tertiary/aromatic N) is 4. The molecule has 1 aromatic heterocycles. The normalized spacial score (nSPS) is 25.2. The third kappa shape index (κ3) is 3.26. The van der Waals surface area contributed by atoms with Crippen molar-refractivity contribution < 1.29 is 9.59 Å². The first kappa shape index (κ1) is 16.0. The molecule has 23 heavy (non-hydrogen) atoms. The highest BCUT2D eigenvalue weighted by molar-refractivity contribution is 5.78. The van der Waals surface area contributed by atoms with Gasteiger partial charge in [0.25, 0.3) is 0 Å². The second kappa shape index (κ2) is 6.72. The molecule has 126 valence electrons. The highest BCUT2D eigenvalue weighted by Crippen LogP contribution is 2.29.